The minimum absolute atomic E-state index is 0.285. The number of aromatic nitrogens is 2. The Morgan fingerprint density at radius 3 is 2.83 bits per heavy atom. The second-order valence-corrected chi connectivity index (χ2v) is 2.83. The van der Waals surface area contributed by atoms with Crippen LogP contribution in [0.4, 0.5) is 8.78 Å². The average Bonchev–Trinajstić information content (AvgIpc) is 2.87. The first-order valence-corrected chi connectivity index (χ1v) is 3.80. The number of hydrogen-bond acceptors (Lipinski definition) is 2. The normalized spacial score (nSPS) is 16.9. The van der Waals surface area contributed by atoms with Gasteiger partial charge in [-0.2, -0.15) is 0 Å². The molecule has 0 amide bonds. The highest BCUT2D eigenvalue weighted by molar-refractivity contribution is 5.09. The van der Waals surface area contributed by atoms with Crippen molar-refractivity contribution in [1.29, 1.82) is 0 Å². The molecule has 1 heterocycles. The first-order chi connectivity index (χ1) is 5.77. The molecule has 1 aromatic rings. The maximum atomic E-state index is 12.1. The maximum absolute atomic E-state index is 12.1. The van der Waals surface area contributed by atoms with E-state index in [-0.39, 0.29) is 5.69 Å². The van der Waals surface area contributed by atoms with E-state index in [0.29, 0.717) is 11.7 Å². The molecule has 4 heteroatoms. The molecule has 1 aliphatic rings. The lowest BCUT2D eigenvalue weighted by Crippen LogP contribution is -1.97. The zero-order valence-electron chi connectivity index (χ0n) is 6.30. The topological polar surface area (TPSA) is 25.8 Å². The highest BCUT2D eigenvalue weighted by atomic mass is 19.3. The molecular weight excluding hydrogens is 162 g/mol. The third-order valence-corrected chi connectivity index (χ3v) is 1.79. The monoisotopic (exact) mass is 169 g/mol. The molecule has 1 aromatic heterocycles. The molecule has 0 aliphatic heterocycles. The van der Waals surface area contributed by atoms with Gasteiger partial charge >= 0.3 is 0 Å². The molecule has 0 spiro atoms. The minimum atomic E-state index is -2.54. The van der Waals surface area contributed by atoms with Crippen LogP contribution in [-0.2, 0) is 0 Å². The Balaban J connectivity index is 2.26. The second kappa shape index (κ2) is 2.77. The van der Waals surface area contributed by atoms with Crippen LogP contribution in [0.3, 0.4) is 0 Å². The maximum Gasteiger partial charge on any atom is 0.281 e. The number of nitrogens with zero attached hydrogens (tertiary/aromatic N) is 2. The van der Waals surface area contributed by atoms with Crippen LogP contribution in [0, 0.1) is 6.07 Å². The van der Waals surface area contributed by atoms with Crippen molar-refractivity contribution in [3.8, 4) is 0 Å². The Morgan fingerprint density at radius 2 is 2.25 bits per heavy atom. The predicted molar refractivity (Wildman–Crippen MR) is 37.8 cm³/mol. The lowest BCUT2D eigenvalue weighted by Gasteiger charge is -1.99. The molecule has 0 aromatic carbocycles. The van der Waals surface area contributed by atoms with E-state index in [1.54, 1.807) is 0 Å². The smallest absolute Gasteiger partial charge is 0.240 e. The van der Waals surface area contributed by atoms with Crippen molar-refractivity contribution >= 4 is 0 Å². The fraction of sp³-hybridized carbons (Fsp3) is 0.500. The fourth-order valence-electron chi connectivity index (χ4n) is 0.999. The van der Waals surface area contributed by atoms with Crippen molar-refractivity contribution in [2.75, 3.05) is 0 Å². The van der Waals surface area contributed by atoms with Gasteiger partial charge in [-0.05, 0) is 12.8 Å². The summed E-state index contributed by atoms with van der Waals surface area (Å²) in [5.41, 5.74) is -0.285. The van der Waals surface area contributed by atoms with E-state index in [4.69, 9.17) is 0 Å². The zero-order valence-corrected chi connectivity index (χ0v) is 6.30. The first kappa shape index (κ1) is 7.58. The summed E-state index contributed by atoms with van der Waals surface area (Å²) in [5.74, 6) is 0.862. The van der Waals surface area contributed by atoms with E-state index >= 15 is 0 Å². The highest BCUT2D eigenvalue weighted by Gasteiger charge is 2.27. The van der Waals surface area contributed by atoms with Crippen LogP contribution in [0.25, 0.3) is 0 Å². The number of rotatable bonds is 2. The predicted octanol–water partition coefficient (Wildman–Crippen LogP) is 2.09. The largest absolute Gasteiger partial charge is 0.281 e. The van der Waals surface area contributed by atoms with Crippen molar-refractivity contribution < 1.29 is 8.78 Å². The van der Waals surface area contributed by atoms with Gasteiger partial charge in [-0.1, -0.05) is 0 Å². The van der Waals surface area contributed by atoms with Crippen LogP contribution in [0.5, 0.6) is 0 Å². The molecule has 1 aliphatic carbocycles. The summed E-state index contributed by atoms with van der Waals surface area (Å²) in [5, 5.41) is 0. The van der Waals surface area contributed by atoms with Crippen molar-refractivity contribution in [3.05, 3.63) is 23.8 Å². The summed E-state index contributed by atoms with van der Waals surface area (Å²) in [6, 6.07) is 2.32. The van der Waals surface area contributed by atoms with E-state index in [2.05, 4.69) is 16.0 Å². The summed E-state index contributed by atoms with van der Waals surface area (Å²) in [6.45, 7) is 0. The van der Waals surface area contributed by atoms with Crippen molar-refractivity contribution in [3.63, 3.8) is 0 Å². The number of halogens is 2. The van der Waals surface area contributed by atoms with Crippen molar-refractivity contribution in [1.82, 2.24) is 9.97 Å². The fourth-order valence-corrected chi connectivity index (χ4v) is 0.999. The summed E-state index contributed by atoms with van der Waals surface area (Å²) in [6.07, 6.45) is 0.784. The Bertz CT molecular complexity index is 267. The molecule has 1 saturated carbocycles. The third-order valence-electron chi connectivity index (χ3n) is 1.79. The molecule has 12 heavy (non-hydrogen) atoms. The van der Waals surface area contributed by atoms with Gasteiger partial charge in [0.15, 0.2) is 0 Å². The molecule has 1 fully saturated rings. The highest BCUT2D eigenvalue weighted by Crippen LogP contribution is 2.38. The minimum Gasteiger partial charge on any atom is -0.240 e. The van der Waals surface area contributed by atoms with Crippen LogP contribution in [0.15, 0.2) is 6.20 Å². The van der Waals surface area contributed by atoms with Gasteiger partial charge in [0, 0.05) is 18.2 Å². The molecule has 63 valence electrons. The van der Waals surface area contributed by atoms with Crippen LogP contribution in [-0.4, -0.2) is 9.97 Å². The summed E-state index contributed by atoms with van der Waals surface area (Å²) >= 11 is 0. The molecule has 2 rings (SSSR count). The van der Waals surface area contributed by atoms with Gasteiger partial charge in [-0.25, -0.2) is 18.7 Å². The van der Waals surface area contributed by atoms with Crippen molar-refractivity contribution in [2.24, 2.45) is 0 Å². The van der Waals surface area contributed by atoms with Crippen molar-refractivity contribution in [2.45, 2.75) is 25.2 Å². The van der Waals surface area contributed by atoms with E-state index < -0.39 is 6.43 Å². The molecule has 0 saturated heterocycles. The molecule has 0 bridgehead atoms. The number of hydrogen-bond donors (Lipinski definition) is 0. The molecule has 0 unspecified atom stereocenters. The second-order valence-electron chi connectivity index (χ2n) is 2.83. The Labute approximate surface area is 68.7 Å². The lowest BCUT2D eigenvalue weighted by atomic mass is 10.3. The zero-order chi connectivity index (χ0) is 8.55. The lowest BCUT2D eigenvalue weighted by molar-refractivity contribution is 0.145. The molecule has 1 radical (unpaired) electrons. The summed E-state index contributed by atoms with van der Waals surface area (Å²) < 4.78 is 24.2. The molecule has 0 N–H and O–H groups in total. The summed E-state index contributed by atoms with van der Waals surface area (Å²) in [7, 11) is 0. The molecule has 0 atom stereocenters. The van der Waals surface area contributed by atoms with E-state index in [1.165, 1.54) is 6.20 Å². The Morgan fingerprint density at radius 1 is 1.50 bits per heavy atom. The molecule has 2 nitrogen and oxygen atoms in total. The Hall–Kier alpha value is -1.06. The summed E-state index contributed by atoms with van der Waals surface area (Å²) in [4.78, 5) is 7.60. The van der Waals surface area contributed by atoms with Crippen LogP contribution in [0.2, 0.25) is 0 Å². The van der Waals surface area contributed by atoms with Gasteiger partial charge < -0.3 is 0 Å². The van der Waals surface area contributed by atoms with Gasteiger partial charge in [0.25, 0.3) is 6.43 Å². The van der Waals surface area contributed by atoms with Crippen LogP contribution < -0.4 is 0 Å². The third kappa shape index (κ3) is 1.42. The van der Waals surface area contributed by atoms with Gasteiger partial charge in [-0.15, -0.1) is 0 Å². The van der Waals surface area contributed by atoms with Gasteiger partial charge in [-0.3, -0.25) is 0 Å². The SMILES string of the molecule is FC(F)c1[c]cnc(C2CC2)n1. The Kier molecular flexibility index (Phi) is 1.75. The van der Waals surface area contributed by atoms with Crippen LogP contribution >= 0.6 is 0 Å². The van der Waals surface area contributed by atoms with Gasteiger partial charge in [0.1, 0.15) is 11.5 Å². The molecular formula is C8H7F2N2. The first-order valence-electron chi connectivity index (χ1n) is 3.80. The van der Waals surface area contributed by atoms with E-state index in [1.807, 2.05) is 0 Å². The van der Waals surface area contributed by atoms with E-state index in [9.17, 15) is 8.78 Å². The van der Waals surface area contributed by atoms with Gasteiger partial charge in [0.05, 0.1) is 0 Å². The van der Waals surface area contributed by atoms with Gasteiger partial charge in [0.2, 0.25) is 0 Å². The standard InChI is InChI=1S/C8H7F2N2/c9-7(10)6-3-4-11-8(12-6)5-1-2-5/h4-5,7H,1-2H2. The quantitative estimate of drug-likeness (QED) is 0.677. The van der Waals surface area contributed by atoms with E-state index in [0.717, 1.165) is 12.8 Å². The van der Waals surface area contributed by atoms with Crippen LogP contribution in [0.1, 0.15) is 36.7 Å². The average molecular weight is 169 g/mol. The number of alkyl halides is 2.